The molecule has 2 heterocycles. The third kappa shape index (κ3) is 3.24. The average Bonchev–Trinajstić information content (AvgIpc) is 3.15. The van der Waals surface area contributed by atoms with Crippen molar-refractivity contribution < 1.29 is 13.3 Å². The van der Waals surface area contributed by atoms with Crippen LogP contribution in [-0.4, -0.2) is 23.2 Å². The Balaban J connectivity index is 1.56. The van der Waals surface area contributed by atoms with Crippen LogP contribution in [0.25, 0.3) is 22.8 Å². The number of nitrogens with zero attached hydrogens (tertiary/aromatic N) is 3. The summed E-state index contributed by atoms with van der Waals surface area (Å²) in [7, 11) is 0. The summed E-state index contributed by atoms with van der Waals surface area (Å²) in [6, 6.07) is 11.5. The summed E-state index contributed by atoms with van der Waals surface area (Å²) in [6.07, 6.45) is 3.75. The molecule has 4 rings (SSSR count). The molecule has 25 heavy (non-hydrogen) atoms. The number of piperidine rings is 1. The van der Waals surface area contributed by atoms with Crippen LogP contribution in [0, 0.1) is 11.6 Å². The molecule has 4 nitrogen and oxygen atoms in total. The predicted octanol–water partition coefficient (Wildman–Crippen LogP) is 4.67. The lowest BCUT2D eigenvalue weighted by atomic mass is 10.1. The summed E-state index contributed by atoms with van der Waals surface area (Å²) in [4.78, 5) is 6.65. The van der Waals surface area contributed by atoms with Gasteiger partial charge in [-0.05, 0) is 61.7 Å². The Morgan fingerprint density at radius 2 is 1.56 bits per heavy atom. The third-order valence-electron chi connectivity index (χ3n) is 4.44. The van der Waals surface area contributed by atoms with E-state index in [1.165, 1.54) is 31.0 Å². The minimum atomic E-state index is -0.942. The molecule has 0 spiro atoms. The molecule has 0 bridgehead atoms. The zero-order chi connectivity index (χ0) is 17.2. The van der Waals surface area contributed by atoms with Gasteiger partial charge in [-0.25, -0.2) is 8.78 Å². The molecule has 0 radical (unpaired) electrons. The first-order valence-corrected chi connectivity index (χ1v) is 8.35. The predicted molar refractivity (Wildman–Crippen MR) is 91.2 cm³/mol. The molecular formula is C19H17F2N3O. The van der Waals surface area contributed by atoms with Gasteiger partial charge in [-0.15, -0.1) is 0 Å². The van der Waals surface area contributed by atoms with E-state index in [0.29, 0.717) is 11.4 Å². The van der Waals surface area contributed by atoms with Crippen molar-refractivity contribution in [3.8, 4) is 22.8 Å². The second-order valence-electron chi connectivity index (χ2n) is 6.15. The zero-order valence-electron chi connectivity index (χ0n) is 13.6. The topological polar surface area (TPSA) is 42.2 Å². The summed E-state index contributed by atoms with van der Waals surface area (Å²) in [6.45, 7) is 2.17. The smallest absolute Gasteiger partial charge is 0.258 e. The maximum Gasteiger partial charge on any atom is 0.258 e. The Morgan fingerprint density at radius 3 is 2.28 bits per heavy atom. The van der Waals surface area contributed by atoms with Gasteiger partial charge >= 0.3 is 0 Å². The number of hydrogen-bond donors (Lipinski definition) is 0. The van der Waals surface area contributed by atoms with Crippen molar-refractivity contribution in [1.29, 1.82) is 0 Å². The molecule has 1 aliphatic rings. The fourth-order valence-corrected chi connectivity index (χ4v) is 3.06. The molecule has 1 saturated heterocycles. The van der Waals surface area contributed by atoms with Gasteiger partial charge in [-0.1, -0.05) is 5.16 Å². The van der Waals surface area contributed by atoms with E-state index in [1.54, 1.807) is 0 Å². The van der Waals surface area contributed by atoms with Crippen molar-refractivity contribution in [1.82, 2.24) is 10.1 Å². The molecule has 0 amide bonds. The molecule has 3 aromatic rings. The van der Waals surface area contributed by atoms with Gasteiger partial charge < -0.3 is 9.42 Å². The van der Waals surface area contributed by atoms with Crippen LogP contribution < -0.4 is 4.90 Å². The maximum atomic E-state index is 13.3. The van der Waals surface area contributed by atoms with Crippen LogP contribution in [-0.2, 0) is 0 Å². The number of halogens is 2. The lowest BCUT2D eigenvalue weighted by Gasteiger charge is -2.28. The molecule has 0 atom stereocenters. The van der Waals surface area contributed by atoms with Gasteiger partial charge in [-0.3, -0.25) is 0 Å². The number of anilines is 1. The molecule has 0 saturated carbocycles. The Kier molecular flexibility index (Phi) is 4.17. The minimum absolute atomic E-state index is 0.161. The lowest BCUT2D eigenvalue weighted by Crippen LogP contribution is -2.29. The van der Waals surface area contributed by atoms with Crippen LogP contribution in [0.4, 0.5) is 14.5 Å². The van der Waals surface area contributed by atoms with Gasteiger partial charge in [0.15, 0.2) is 11.6 Å². The average molecular weight is 341 g/mol. The van der Waals surface area contributed by atoms with Gasteiger partial charge in [0.1, 0.15) is 0 Å². The van der Waals surface area contributed by atoms with Gasteiger partial charge in [0.05, 0.1) is 0 Å². The Hall–Kier alpha value is -2.76. The molecule has 6 heteroatoms. The number of rotatable bonds is 3. The van der Waals surface area contributed by atoms with Crippen LogP contribution in [0.3, 0.4) is 0 Å². The first-order valence-electron chi connectivity index (χ1n) is 8.35. The SMILES string of the molecule is Fc1ccc(-c2nc(-c3ccc(N4CCCCC4)cc3)no2)cc1F. The van der Waals surface area contributed by atoms with Crippen molar-refractivity contribution in [2.24, 2.45) is 0 Å². The highest BCUT2D eigenvalue weighted by Gasteiger charge is 2.14. The van der Waals surface area contributed by atoms with E-state index in [1.807, 2.05) is 24.3 Å². The van der Waals surface area contributed by atoms with E-state index in [4.69, 9.17) is 4.52 Å². The highest BCUT2D eigenvalue weighted by Crippen LogP contribution is 2.26. The number of aromatic nitrogens is 2. The summed E-state index contributed by atoms with van der Waals surface area (Å²) >= 11 is 0. The highest BCUT2D eigenvalue weighted by atomic mass is 19.2. The van der Waals surface area contributed by atoms with Crippen molar-refractivity contribution >= 4 is 5.69 Å². The van der Waals surface area contributed by atoms with Gasteiger partial charge in [0.2, 0.25) is 5.82 Å². The molecule has 1 aliphatic heterocycles. The normalized spacial score (nSPS) is 14.7. The molecule has 0 N–H and O–H groups in total. The lowest BCUT2D eigenvalue weighted by molar-refractivity contribution is 0.431. The van der Waals surface area contributed by atoms with Crippen molar-refractivity contribution in [2.45, 2.75) is 19.3 Å². The molecule has 0 aliphatic carbocycles. The minimum Gasteiger partial charge on any atom is -0.372 e. The second kappa shape index (κ2) is 6.63. The van der Waals surface area contributed by atoms with Crippen LogP contribution in [0.1, 0.15) is 19.3 Å². The Labute approximate surface area is 144 Å². The summed E-state index contributed by atoms with van der Waals surface area (Å²) in [5, 5.41) is 3.94. The molecule has 1 fully saturated rings. The van der Waals surface area contributed by atoms with Crippen LogP contribution in [0.2, 0.25) is 0 Å². The van der Waals surface area contributed by atoms with Gasteiger partial charge in [-0.2, -0.15) is 4.98 Å². The largest absolute Gasteiger partial charge is 0.372 e. The van der Waals surface area contributed by atoms with Gasteiger partial charge in [0.25, 0.3) is 5.89 Å². The van der Waals surface area contributed by atoms with E-state index >= 15 is 0 Å². The number of hydrogen-bond acceptors (Lipinski definition) is 4. The summed E-state index contributed by atoms with van der Waals surface area (Å²) in [5.74, 6) is -1.26. The molecule has 128 valence electrons. The third-order valence-corrected chi connectivity index (χ3v) is 4.44. The molecule has 0 unspecified atom stereocenters. The summed E-state index contributed by atoms with van der Waals surface area (Å²) < 4.78 is 31.6. The monoisotopic (exact) mass is 341 g/mol. The Bertz CT molecular complexity index is 871. The van der Waals surface area contributed by atoms with Gasteiger partial charge in [0, 0.05) is 29.9 Å². The van der Waals surface area contributed by atoms with Crippen molar-refractivity contribution in [3.63, 3.8) is 0 Å². The van der Waals surface area contributed by atoms with Crippen LogP contribution in [0.15, 0.2) is 47.0 Å². The van der Waals surface area contributed by atoms with Crippen LogP contribution >= 0.6 is 0 Å². The standard InChI is InChI=1S/C19H17F2N3O/c20-16-9-6-14(12-17(16)21)19-22-18(23-25-19)13-4-7-15(8-5-13)24-10-2-1-3-11-24/h4-9,12H,1-3,10-11H2. The first kappa shape index (κ1) is 15.7. The fourth-order valence-electron chi connectivity index (χ4n) is 3.06. The number of benzene rings is 2. The highest BCUT2D eigenvalue weighted by molar-refractivity contribution is 5.63. The molecule has 1 aromatic heterocycles. The quantitative estimate of drug-likeness (QED) is 0.694. The summed E-state index contributed by atoms with van der Waals surface area (Å²) in [5.41, 5.74) is 2.36. The van der Waals surface area contributed by atoms with E-state index in [-0.39, 0.29) is 5.89 Å². The molecule has 2 aromatic carbocycles. The van der Waals surface area contributed by atoms with Crippen LogP contribution in [0.5, 0.6) is 0 Å². The fraction of sp³-hybridized carbons (Fsp3) is 0.263. The zero-order valence-corrected chi connectivity index (χ0v) is 13.6. The van der Waals surface area contributed by atoms with Crippen molar-refractivity contribution in [2.75, 3.05) is 18.0 Å². The van der Waals surface area contributed by atoms with E-state index < -0.39 is 11.6 Å². The maximum absolute atomic E-state index is 13.3. The Morgan fingerprint density at radius 1 is 0.840 bits per heavy atom. The van der Waals surface area contributed by atoms with Crippen molar-refractivity contribution in [3.05, 3.63) is 54.1 Å². The van der Waals surface area contributed by atoms with E-state index in [0.717, 1.165) is 30.8 Å². The second-order valence-corrected chi connectivity index (χ2v) is 6.15. The van der Waals surface area contributed by atoms with E-state index in [2.05, 4.69) is 15.0 Å². The first-order chi connectivity index (χ1) is 12.2. The van der Waals surface area contributed by atoms with E-state index in [9.17, 15) is 8.78 Å². The molecular weight excluding hydrogens is 324 g/mol.